The second kappa shape index (κ2) is 4.37. The van der Waals surface area contributed by atoms with Crippen molar-refractivity contribution in [3.8, 4) is 0 Å². The van der Waals surface area contributed by atoms with Gasteiger partial charge in [0, 0.05) is 16.2 Å². The van der Waals surface area contributed by atoms with Crippen LogP contribution in [-0.4, -0.2) is 5.11 Å². The van der Waals surface area contributed by atoms with Gasteiger partial charge in [-0.3, -0.25) is 0 Å². The SMILES string of the molecule is OC1Cc2ccccc2Sc2c(Cl)cccc21. The highest BCUT2D eigenvalue weighted by atomic mass is 35.5. The molecule has 0 radical (unpaired) electrons. The number of halogens is 1. The van der Waals surface area contributed by atoms with Crippen LogP contribution in [0, 0.1) is 0 Å². The molecule has 0 fully saturated rings. The molecule has 0 spiro atoms. The van der Waals surface area contributed by atoms with E-state index in [1.54, 1.807) is 11.8 Å². The summed E-state index contributed by atoms with van der Waals surface area (Å²) in [6.45, 7) is 0. The van der Waals surface area contributed by atoms with E-state index in [0.29, 0.717) is 11.4 Å². The molecule has 0 bridgehead atoms. The Balaban J connectivity index is 2.19. The molecule has 86 valence electrons. The van der Waals surface area contributed by atoms with Gasteiger partial charge in [-0.2, -0.15) is 0 Å². The first-order chi connectivity index (χ1) is 8.25. The number of aliphatic hydroxyl groups excluding tert-OH is 1. The predicted octanol–water partition coefficient (Wildman–Crippen LogP) is 4.08. The molecule has 0 saturated heterocycles. The fourth-order valence-electron chi connectivity index (χ4n) is 2.10. The van der Waals surface area contributed by atoms with Gasteiger partial charge < -0.3 is 5.11 Å². The zero-order valence-electron chi connectivity index (χ0n) is 9.06. The molecule has 1 unspecified atom stereocenters. The van der Waals surface area contributed by atoms with E-state index in [1.165, 1.54) is 10.5 Å². The second-order valence-corrected chi connectivity index (χ2v) is 5.55. The molecule has 1 N–H and O–H groups in total. The minimum Gasteiger partial charge on any atom is -0.388 e. The third-order valence-corrected chi connectivity index (χ3v) is 4.66. The van der Waals surface area contributed by atoms with E-state index in [-0.39, 0.29) is 0 Å². The summed E-state index contributed by atoms with van der Waals surface area (Å²) in [6.07, 6.45) is 0.177. The smallest absolute Gasteiger partial charge is 0.0842 e. The van der Waals surface area contributed by atoms with Crippen molar-refractivity contribution in [3.63, 3.8) is 0 Å². The highest BCUT2D eigenvalue weighted by molar-refractivity contribution is 7.99. The van der Waals surface area contributed by atoms with Crippen molar-refractivity contribution < 1.29 is 5.11 Å². The molecule has 3 heteroatoms. The van der Waals surface area contributed by atoms with E-state index < -0.39 is 6.10 Å². The van der Waals surface area contributed by atoms with E-state index in [9.17, 15) is 5.11 Å². The van der Waals surface area contributed by atoms with Crippen LogP contribution in [0.5, 0.6) is 0 Å². The Morgan fingerprint density at radius 3 is 2.82 bits per heavy atom. The number of hydrogen-bond donors (Lipinski definition) is 1. The topological polar surface area (TPSA) is 20.2 Å². The summed E-state index contributed by atoms with van der Waals surface area (Å²) in [6, 6.07) is 13.9. The van der Waals surface area contributed by atoms with E-state index >= 15 is 0 Å². The van der Waals surface area contributed by atoms with Gasteiger partial charge in [0.25, 0.3) is 0 Å². The Hall–Kier alpha value is -0.960. The Kier molecular flexibility index (Phi) is 2.87. The Morgan fingerprint density at radius 2 is 1.94 bits per heavy atom. The van der Waals surface area contributed by atoms with Gasteiger partial charge in [-0.05, 0) is 23.3 Å². The summed E-state index contributed by atoms with van der Waals surface area (Å²) in [5.74, 6) is 0. The Labute approximate surface area is 109 Å². The molecular formula is C14H11ClOS. The number of rotatable bonds is 0. The fraction of sp³-hybridized carbons (Fsp3) is 0.143. The summed E-state index contributed by atoms with van der Waals surface area (Å²) >= 11 is 7.86. The van der Waals surface area contributed by atoms with Gasteiger partial charge in [-0.15, -0.1) is 0 Å². The van der Waals surface area contributed by atoms with E-state index in [2.05, 4.69) is 12.1 Å². The van der Waals surface area contributed by atoms with Crippen molar-refractivity contribution in [2.75, 3.05) is 0 Å². The summed E-state index contributed by atoms with van der Waals surface area (Å²) in [7, 11) is 0. The van der Waals surface area contributed by atoms with Crippen molar-refractivity contribution in [2.24, 2.45) is 0 Å². The molecule has 0 amide bonds. The fourth-order valence-corrected chi connectivity index (χ4v) is 3.53. The molecular weight excluding hydrogens is 252 g/mol. The molecule has 1 aliphatic heterocycles. The van der Waals surface area contributed by atoms with Crippen LogP contribution >= 0.6 is 23.4 Å². The molecule has 0 aromatic heterocycles. The van der Waals surface area contributed by atoms with Crippen molar-refractivity contribution in [1.82, 2.24) is 0 Å². The molecule has 17 heavy (non-hydrogen) atoms. The van der Waals surface area contributed by atoms with E-state index in [0.717, 1.165) is 10.5 Å². The monoisotopic (exact) mass is 262 g/mol. The molecule has 2 aromatic rings. The highest BCUT2D eigenvalue weighted by Crippen LogP contribution is 2.43. The molecule has 1 atom stereocenters. The second-order valence-electron chi connectivity index (χ2n) is 4.09. The standard InChI is InChI=1S/C14H11ClOS/c15-11-6-3-5-10-12(16)8-9-4-1-2-7-13(9)17-14(10)11/h1-7,12,16H,8H2. The average Bonchev–Trinajstić information content (AvgIpc) is 2.47. The van der Waals surface area contributed by atoms with Crippen LogP contribution in [0.4, 0.5) is 0 Å². The maximum absolute atomic E-state index is 10.2. The quantitative estimate of drug-likeness (QED) is 0.772. The van der Waals surface area contributed by atoms with Gasteiger partial charge in [0.15, 0.2) is 0 Å². The Morgan fingerprint density at radius 1 is 1.12 bits per heavy atom. The maximum atomic E-state index is 10.2. The van der Waals surface area contributed by atoms with Crippen molar-refractivity contribution in [3.05, 3.63) is 58.6 Å². The van der Waals surface area contributed by atoms with Crippen molar-refractivity contribution in [1.29, 1.82) is 0 Å². The van der Waals surface area contributed by atoms with Crippen LogP contribution in [0.2, 0.25) is 5.02 Å². The summed E-state index contributed by atoms with van der Waals surface area (Å²) in [4.78, 5) is 2.16. The molecule has 2 aromatic carbocycles. The molecule has 1 aliphatic rings. The number of hydrogen-bond acceptors (Lipinski definition) is 2. The van der Waals surface area contributed by atoms with Crippen LogP contribution < -0.4 is 0 Å². The van der Waals surface area contributed by atoms with Gasteiger partial charge in [-0.25, -0.2) is 0 Å². The first-order valence-corrected chi connectivity index (χ1v) is 6.67. The summed E-state index contributed by atoms with van der Waals surface area (Å²) < 4.78 is 0. The highest BCUT2D eigenvalue weighted by Gasteiger charge is 2.22. The van der Waals surface area contributed by atoms with Gasteiger partial charge in [-0.1, -0.05) is 53.7 Å². The molecule has 0 aliphatic carbocycles. The Bertz CT molecular complexity index is 568. The molecule has 1 nitrogen and oxygen atoms in total. The van der Waals surface area contributed by atoms with Crippen LogP contribution in [-0.2, 0) is 6.42 Å². The van der Waals surface area contributed by atoms with Gasteiger partial charge in [0.05, 0.1) is 11.1 Å². The average molecular weight is 263 g/mol. The van der Waals surface area contributed by atoms with Gasteiger partial charge in [0.2, 0.25) is 0 Å². The first-order valence-electron chi connectivity index (χ1n) is 5.48. The lowest BCUT2D eigenvalue weighted by Gasteiger charge is -2.11. The van der Waals surface area contributed by atoms with Crippen LogP contribution in [0.1, 0.15) is 17.2 Å². The molecule has 0 saturated carbocycles. The van der Waals surface area contributed by atoms with Gasteiger partial charge >= 0.3 is 0 Å². The van der Waals surface area contributed by atoms with E-state index in [4.69, 9.17) is 11.6 Å². The largest absolute Gasteiger partial charge is 0.388 e. The lowest BCUT2D eigenvalue weighted by molar-refractivity contribution is 0.175. The van der Waals surface area contributed by atoms with Gasteiger partial charge in [0.1, 0.15) is 0 Å². The van der Waals surface area contributed by atoms with Crippen LogP contribution in [0.15, 0.2) is 52.3 Å². The number of fused-ring (bicyclic) bond motifs is 2. The zero-order chi connectivity index (χ0) is 11.8. The summed E-state index contributed by atoms with van der Waals surface area (Å²) in [5, 5.41) is 11.0. The third-order valence-electron chi connectivity index (χ3n) is 2.95. The van der Waals surface area contributed by atoms with E-state index in [1.807, 2.05) is 30.3 Å². The van der Waals surface area contributed by atoms with Crippen LogP contribution in [0.3, 0.4) is 0 Å². The lowest BCUT2D eigenvalue weighted by Crippen LogP contribution is -2.01. The normalized spacial score (nSPS) is 18.1. The lowest BCUT2D eigenvalue weighted by atomic mass is 10.0. The maximum Gasteiger partial charge on any atom is 0.0842 e. The van der Waals surface area contributed by atoms with Crippen molar-refractivity contribution in [2.45, 2.75) is 22.3 Å². The first kappa shape index (κ1) is 11.1. The van der Waals surface area contributed by atoms with Crippen LogP contribution in [0.25, 0.3) is 0 Å². The molecule has 1 heterocycles. The summed E-state index contributed by atoms with van der Waals surface area (Å²) in [5.41, 5.74) is 2.11. The van der Waals surface area contributed by atoms with Crippen molar-refractivity contribution >= 4 is 23.4 Å². The third kappa shape index (κ3) is 1.97. The zero-order valence-corrected chi connectivity index (χ0v) is 10.6. The number of aliphatic hydroxyl groups is 1. The predicted molar refractivity (Wildman–Crippen MR) is 70.7 cm³/mol. The minimum atomic E-state index is -0.472. The molecule has 3 rings (SSSR count). The number of benzene rings is 2. The minimum absolute atomic E-state index is 0.472.